The van der Waals surface area contributed by atoms with Crippen LogP contribution in [0.1, 0.15) is 21.0 Å². The van der Waals surface area contributed by atoms with Gasteiger partial charge in [-0.1, -0.05) is 11.6 Å². The highest BCUT2D eigenvalue weighted by molar-refractivity contribution is 6.30. The summed E-state index contributed by atoms with van der Waals surface area (Å²) < 4.78 is 4.98. The van der Waals surface area contributed by atoms with Crippen molar-refractivity contribution in [3.05, 3.63) is 53.1 Å². The van der Waals surface area contributed by atoms with Gasteiger partial charge in [0.25, 0.3) is 0 Å². The van der Waals surface area contributed by atoms with Gasteiger partial charge < -0.3 is 9.84 Å². The Kier molecular flexibility index (Phi) is 3.72. The third-order valence-electron chi connectivity index (χ3n) is 2.12. The summed E-state index contributed by atoms with van der Waals surface area (Å²) in [6.07, 6.45) is 2.40. The maximum atomic E-state index is 11.8. The number of aromatic nitrogens is 2. The molecule has 0 saturated heterocycles. The average molecular weight is 279 g/mol. The van der Waals surface area contributed by atoms with Crippen LogP contribution in [0.15, 0.2) is 36.7 Å². The SMILES string of the molecule is O=C(O)c1nccnc1C(=O)Oc1ccc(Cl)cc1. The molecule has 0 atom stereocenters. The molecule has 0 saturated carbocycles. The van der Waals surface area contributed by atoms with Crippen LogP contribution in [-0.4, -0.2) is 27.0 Å². The van der Waals surface area contributed by atoms with Crippen molar-refractivity contribution >= 4 is 23.5 Å². The topological polar surface area (TPSA) is 89.4 Å². The highest BCUT2D eigenvalue weighted by Gasteiger charge is 2.21. The zero-order valence-corrected chi connectivity index (χ0v) is 10.2. The first kappa shape index (κ1) is 13.0. The van der Waals surface area contributed by atoms with Gasteiger partial charge in [0.05, 0.1) is 0 Å². The largest absolute Gasteiger partial charge is 0.476 e. The van der Waals surface area contributed by atoms with E-state index < -0.39 is 17.6 Å². The van der Waals surface area contributed by atoms with Gasteiger partial charge in [0, 0.05) is 17.4 Å². The number of carboxylic acid groups (broad SMARTS) is 1. The molecular formula is C12H7ClN2O4. The van der Waals surface area contributed by atoms with E-state index in [0.29, 0.717) is 5.02 Å². The zero-order chi connectivity index (χ0) is 13.8. The minimum absolute atomic E-state index is 0.233. The highest BCUT2D eigenvalue weighted by Crippen LogP contribution is 2.17. The first-order chi connectivity index (χ1) is 9.08. The molecule has 0 aliphatic carbocycles. The van der Waals surface area contributed by atoms with Crippen LogP contribution >= 0.6 is 11.6 Å². The molecule has 2 rings (SSSR count). The Balaban J connectivity index is 2.25. The van der Waals surface area contributed by atoms with Gasteiger partial charge in [0.15, 0.2) is 11.4 Å². The highest BCUT2D eigenvalue weighted by atomic mass is 35.5. The monoisotopic (exact) mass is 278 g/mol. The lowest BCUT2D eigenvalue weighted by atomic mass is 10.3. The number of hydrogen-bond acceptors (Lipinski definition) is 5. The quantitative estimate of drug-likeness (QED) is 0.683. The maximum absolute atomic E-state index is 11.8. The van der Waals surface area contributed by atoms with Gasteiger partial charge in [0.1, 0.15) is 5.75 Å². The molecule has 0 aliphatic heterocycles. The molecular weight excluding hydrogens is 272 g/mol. The summed E-state index contributed by atoms with van der Waals surface area (Å²) in [5.41, 5.74) is -0.814. The van der Waals surface area contributed by atoms with Crippen LogP contribution in [0.25, 0.3) is 0 Å². The summed E-state index contributed by atoms with van der Waals surface area (Å²) in [6.45, 7) is 0. The van der Waals surface area contributed by atoms with Gasteiger partial charge >= 0.3 is 11.9 Å². The molecule has 0 amide bonds. The number of benzene rings is 1. The third kappa shape index (κ3) is 3.05. The fourth-order valence-corrected chi connectivity index (χ4v) is 1.43. The zero-order valence-electron chi connectivity index (χ0n) is 9.41. The molecule has 0 radical (unpaired) electrons. The molecule has 6 nitrogen and oxygen atoms in total. The van der Waals surface area contributed by atoms with Crippen LogP contribution in [0.3, 0.4) is 0 Å². The van der Waals surface area contributed by atoms with E-state index >= 15 is 0 Å². The number of halogens is 1. The molecule has 0 aliphatic rings. The number of rotatable bonds is 3. The van der Waals surface area contributed by atoms with Crippen molar-refractivity contribution < 1.29 is 19.4 Å². The Labute approximate surface area is 112 Å². The smallest absolute Gasteiger partial charge is 0.364 e. The molecule has 96 valence electrons. The lowest BCUT2D eigenvalue weighted by Crippen LogP contribution is -2.17. The number of hydrogen-bond donors (Lipinski definition) is 1. The normalized spacial score (nSPS) is 9.95. The molecule has 1 aromatic heterocycles. The summed E-state index contributed by atoms with van der Waals surface area (Å²) in [4.78, 5) is 29.9. The lowest BCUT2D eigenvalue weighted by Gasteiger charge is -2.05. The molecule has 0 fully saturated rings. The molecule has 0 unspecified atom stereocenters. The van der Waals surface area contributed by atoms with Gasteiger partial charge in [-0.3, -0.25) is 0 Å². The van der Waals surface area contributed by atoms with Crippen molar-refractivity contribution in [2.24, 2.45) is 0 Å². The average Bonchev–Trinajstić information content (AvgIpc) is 2.41. The van der Waals surface area contributed by atoms with Crippen molar-refractivity contribution in [1.82, 2.24) is 9.97 Å². The van der Waals surface area contributed by atoms with E-state index in [1.165, 1.54) is 24.5 Å². The first-order valence-electron chi connectivity index (χ1n) is 5.10. The number of carboxylic acids is 1. The van der Waals surface area contributed by atoms with Gasteiger partial charge in [-0.25, -0.2) is 19.6 Å². The summed E-state index contributed by atoms with van der Waals surface area (Å²) >= 11 is 5.69. The second-order valence-corrected chi connectivity index (χ2v) is 3.84. The van der Waals surface area contributed by atoms with E-state index in [2.05, 4.69) is 9.97 Å². The lowest BCUT2D eigenvalue weighted by molar-refractivity contribution is 0.0657. The fourth-order valence-electron chi connectivity index (χ4n) is 1.30. The van der Waals surface area contributed by atoms with Gasteiger partial charge in [0.2, 0.25) is 0 Å². The van der Waals surface area contributed by atoms with E-state index in [4.69, 9.17) is 21.4 Å². The Hall–Kier alpha value is -2.47. The predicted molar refractivity (Wildman–Crippen MR) is 65.4 cm³/mol. The summed E-state index contributed by atoms with van der Waals surface area (Å²) in [5.74, 6) is -2.01. The molecule has 1 heterocycles. The van der Waals surface area contributed by atoms with Crippen molar-refractivity contribution in [3.63, 3.8) is 0 Å². The number of ether oxygens (including phenoxy) is 1. The maximum Gasteiger partial charge on any atom is 0.364 e. The minimum atomic E-state index is -1.35. The first-order valence-corrected chi connectivity index (χ1v) is 5.48. The fraction of sp³-hybridized carbons (Fsp3) is 0. The predicted octanol–water partition coefficient (Wildman–Crippen LogP) is 2.05. The Bertz CT molecular complexity index is 628. The van der Waals surface area contributed by atoms with Crippen LogP contribution in [0.2, 0.25) is 5.02 Å². The van der Waals surface area contributed by atoms with E-state index in [-0.39, 0.29) is 11.4 Å². The molecule has 0 spiro atoms. The van der Waals surface area contributed by atoms with Crippen LogP contribution in [-0.2, 0) is 0 Å². The standard InChI is InChI=1S/C12H7ClN2O4/c13-7-1-3-8(4-2-7)19-12(18)10-9(11(16)17)14-5-6-15-10/h1-6H,(H,16,17). The second kappa shape index (κ2) is 5.45. The van der Waals surface area contributed by atoms with Crippen LogP contribution in [0.5, 0.6) is 5.75 Å². The Morgan fingerprint density at radius 3 is 2.21 bits per heavy atom. The number of aromatic carboxylic acids is 1. The summed E-state index contributed by atoms with van der Waals surface area (Å²) in [7, 11) is 0. The number of carbonyl (C=O) groups excluding carboxylic acids is 1. The Morgan fingerprint density at radius 2 is 1.63 bits per heavy atom. The number of esters is 1. The van der Waals surface area contributed by atoms with Crippen LogP contribution in [0, 0.1) is 0 Å². The minimum Gasteiger partial charge on any atom is -0.476 e. The number of carbonyl (C=O) groups is 2. The van der Waals surface area contributed by atoms with Crippen LogP contribution < -0.4 is 4.74 Å². The van der Waals surface area contributed by atoms with Gasteiger partial charge in [-0.05, 0) is 24.3 Å². The van der Waals surface area contributed by atoms with E-state index in [9.17, 15) is 9.59 Å². The number of nitrogens with zero attached hydrogens (tertiary/aromatic N) is 2. The molecule has 19 heavy (non-hydrogen) atoms. The van der Waals surface area contributed by atoms with Crippen LogP contribution in [0.4, 0.5) is 0 Å². The third-order valence-corrected chi connectivity index (χ3v) is 2.37. The van der Waals surface area contributed by atoms with E-state index in [0.717, 1.165) is 0 Å². The van der Waals surface area contributed by atoms with Gasteiger partial charge in [-0.2, -0.15) is 0 Å². The molecule has 0 bridgehead atoms. The summed E-state index contributed by atoms with van der Waals surface area (Å²) in [5, 5.41) is 9.38. The van der Waals surface area contributed by atoms with Crippen molar-refractivity contribution in [3.8, 4) is 5.75 Å². The van der Waals surface area contributed by atoms with Crippen molar-refractivity contribution in [2.75, 3.05) is 0 Å². The molecule has 1 aromatic carbocycles. The molecule has 1 N–H and O–H groups in total. The second-order valence-electron chi connectivity index (χ2n) is 3.40. The van der Waals surface area contributed by atoms with Crippen molar-refractivity contribution in [1.29, 1.82) is 0 Å². The molecule has 7 heteroatoms. The van der Waals surface area contributed by atoms with E-state index in [1.54, 1.807) is 12.1 Å². The van der Waals surface area contributed by atoms with E-state index in [1.807, 2.05) is 0 Å². The molecule has 2 aromatic rings. The van der Waals surface area contributed by atoms with Crippen molar-refractivity contribution in [2.45, 2.75) is 0 Å². The Morgan fingerprint density at radius 1 is 1.05 bits per heavy atom. The summed E-state index contributed by atoms with van der Waals surface area (Å²) in [6, 6.07) is 6.05. The van der Waals surface area contributed by atoms with Gasteiger partial charge in [-0.15, -0.1) is 0 Å².